The number of nitrogens with zero attached hydrogens (tertiary/aromatic N) is 2. The van der Waals surface area contributed by atoms with Gasteiger partial charge in [-0.2, -0.15) is 0 Å². The van der Waals surface area contributed by atoms with Crippen LogP contribution in [0.25, 0.3) is 39.0 Å². The highest BCUT2D eigenvalue weighted by Crippen LogP contribution is 2.51. The molecular weight excluding hydrogens is 667 g/mol. The fraction of sp³-hybridized carbons (Fsp3) is 0.135. The van der Waals surface area contributed by atoms with E-state index in [-0.39, 0.29) is 16.7 Å². The van der Waals surface area contributed by atoms with Crippen LogP contribution in [0.15, 0.2) is 179 Å². The average Bonchev–Trinajstić information content (AvgIpc) is 3.40. The zero-order valence-electron chi connectivity index (χ0n) is 31.8. The summed E-state index contributed by atoms with van der Waals surface area (Å²) in [7, 11) is 0. The average molecular weight is 710 g/mol. The Labute approximate surface area is 324 Å². The largest absolute Gasteiger partial charge is 0.282 e. The van der Waals surface area contributed by atoms with Crippen molar-refractivity contribution in [1.29, 1.82) is 5.41 Å². The Morgan fingerprint density at radius 1 is 0.564 bits per heavy atom. The van der Waals surface area contributed by atoms with E-state index in [4.69, 9.17) is 15.4 Å². The van der Waals surface area contributed by atoms with Crippen molar-refractivity contribution in [3.63, 3.8) is 0 Å². The maximum atomic E-state index is 8.83. The van der Waals surface area contributed by atoms with Gasteiger partial charge in [0.15, 0.2) is 11.7 Å². The van der Waals surface area contributed by atoms with Crippen LogP contribution in [-0.2, 0) is 10.8 Å². The molecule has 0 saturated carbocycles. The molecule has 55 heavy (non-hydrogen) atoms. The minimum absolute atomic E-state index is 0.0155. The predicted octanol–water partition coefficient (Wildman–Crippen LogP) is 12.8. The topological polar surface area (TPSA) is 48.6 Å². The number of hydrogen-bond donors (Lipinski definition) is 1. The molecule has 0 aromatic heterocycles. The number of fused-ring (bicyclic) bond motifs is 5. The van der Waals surface area contributed by atoms with Crippen LogP contribution in [0.4, 0.5) is 0 Å². The molecule has 0 radical (unpaired) electrons. The van der Waals surface area contributed by atoms with Gasteiger partial charge in [0.2, 0.25) is 0 Å². The third-order valence-corrected chi connectivity index (χ3v) is 11.8. The summed E-state index contributed by atoms with van der Waals surface area (Å²) < 4.78 is 0. The summed E-state index contributed by atoms with van der Waals surface area (Å²) in [4.78, 5) is 9.67. The van der Waals surface area contributed by atoms with E-state index in [0.717, 1.165) is 28.7 Å². The molecule has 3 heteroatoms. The highest BCUT2D eigenvalue weighted by molar-refractivity contribution is 6.13. The molecule has 0 fully saturated rings. The van der Waals surface area contributed by atoms with Crippen LogP contribution in [0.3, 0.4) is 0 Å². The second-order valence-corrected chi connectivity index (χ2v) is 15.8. The van der Waals surface area contributed by atoms with E-state index >= 15 is 0 Å². The molecule has 9 rings (SSSR count). The van der Waals surface area contributed by atoms with Crippen LogP contribution in [-0.4, -0.2) is 17.9 Å². The molecule has 266 valence electrons. The first-order valence-corrected chi connectivity index (χ1v) is 19.1. The Balaban J connectivity index is 0.994. The summed E-state index contributed by atoms with van der Waals surface area (Å²) >= 11 is 0. The molecule has 1 N–H and O–H groups in total. The minimum atomic E-state index is -0.0588. The predicted molar refractivity (Wildman–Crippen MR) is 232 cm³/mol. The van der Waals surface area contributed by atoms with Crippen LogP contribution in [0.2, 0.25) is 0 Å². The van der Waals surface area contributed by atoms with Gasteiger partial charge < -0.3 is 0 Å². The molecule has 0 bridgehead atoms. The fourth-order valence-corrected chi connectivity index (χ4v) is 8.64. The lowest BCUT2D eigenvalue weighted by atomic mass is 9.79. The van der Waals surface area contributed by atoms with Crippen LogP contribution >= 0.6 is 0 Å². The molecule has 3 aliphatic rings. The van der Waals surface area contributed by atoms with Crippen molar-refractivity contribution in [1.82, 2.24) is 0 Å². The van der Waals surface area contributed by atoms with Gasteiger partial charge in [-0.05, 0) is 90.9 Å². The Morgan fingerprint density at radius 3 is 1.89 bits per heavy atom. The Kier molecular flexibility index (Phi) is 8.39. The van der Waals surface area contributed by atoms with Gasteiger partial charge >= 0.3 is 0 Å². The number of benzene rings is 6. The summed E-state index contributed by atoms with van der Waals surface area (Å²) in [6, 6.07) is 49.0. The van der Waals surface area contributed by atoms with Crippen LogP contribution in [0, 0.1) is 5.41 Å². The first-order valence-electron chi connectivity index (χ1n) is 19.1. The van der Waals surface area contributed by atoms with E-state index in [2.05, 4.69) is 161 Å². The van der Waals surface area contributed by atoms with Crippen LogP contribution in [0.5, 0.6) is 0 Å². The first-order chi connectivity index (χ1) is 26.7. The maximum absolute atomic E-state index is 8.83. The molecular formula is C52H43N3. The van der Waals surface area contributed by atoms with Crippen molar-refractivity contribution in [2.24, 2.45) is 9.98 Å². The number of rotatable bonds is 5. The Bertz CT molecular complexity index is 2650. The van der Waals surface area contributed by atoms with E-state index < -0.39 is 0 Å². The standard InChI is InChI=1S/C52H43N3/c1-51(2)45-17-10-6-9-15-41(45)43-29-27-39(31-47(43)51)35-21-19-34(20-22-35)33-54-50(55-49(53)37-13-7-5-8-14-37)38-25-23-36(24-26-38)40-28-30-44-42-16-11-12-18-46(42)52(3,4)48(44)32-40/h5-16,18-33,53H,17H2,1-4H3. The number of allylic oxidation sites excluding steroid dienone is 6. The summed E-state index contributed by atoms with van der Waals surface area (Å²) in [6.07, 6.45) is 11.7. The molecule has 0 saturated heterocycles. The zero-order chi connectivity index (χ0) is 37.7. The Hall–Kier alpha value is -6.45. The third kappa shape index (κ3) is 6.06. The number of amidine groups is 2. The second kappa shape index (κ2) is 13.4. The first kappa shape index (κ1) is 34.3. The summed E-state index contributed by atoms with van der Waals surface area (Å²) in [6.45, 7) is 9.33. The van der Waals surface area contributed by atoms with Crippen molar-refractivity contribution in [2.75, 3.05) is 0 Å². The molecule has 3 aliphatic carbocycles. The Morgan fingerprint density at radius 2 is 1.16 bits per heavy atom. The minimum Gasteiger partial charge on any atom is -0.282 e. The van der Waals surface area contributed by atoms with Crippen LogP contribution in [0.1, 0.15) is 73.1 Å². The lowest BCUT2D eigenvalue weighted by Gasteiger charge is -2.24. The van der Waals surface area contributed by atoms with Gasteiger partial charge in [-0.3, -0.25) is 5.41 Å². The molecule has 0 heterocycles. The molecule has 6 aromatic carbocycles. The van der Waals surface area contributed by atoms with Gasteiger partial charge in [0.05, 0.1) is 0 Å². The normalized spacial score (nSPS) is 16.1. The highest BCUT2D eigenvalue weighted by atomic mass is 14.9. The van der Waals surface area contributed by atoms with Gasteiger partial charge in [0, 0.05) is 28.2 Å². The summed E-state index contributed by atoms with van der Waals surface area (Å²) in [5.41, 5.74) is 18.1. The van der Waals surface area contributed by atoms with Gasteiger partial charge in [-0.15, -0.1) is 0 Å². The van der Waals surface area contributed by atoms with Crippen molar-refractivity contribution < 1.29 is 0 Å². The van der Waals surface area contributed by atoms with E-state index in [9.17, 15) is 0 Å². The highest BCUT2D eigenvalue weighted by Gasteiger charge is 2.37. The zero-order valence-corrected chi connectivity index (χ0v) is 31.8. The van der Waals surface area contributed by atoms with Crippen molar-refractivity contribution in [3.8, 4) is 33.4 Å². The van der Waals surface area contributed by atoms with Crippen molar-refractivity contribution >= 4 is 23.5 Å². The molecule has 0 atom stereocenters. The van der Waals surface area contributed by atoms with Gasteiger partial charge in [-0.25, -0.2) is 9.98 Å². The van der Waals surface area contributed by atoms with Crippen molar-refractivity contribution in [2.45, 2.75) is 44.9 Å². The van der Waals surface area contributed by atoms with Crippen LogP contribution < -0.4 is 0 Å². The van der Waals surface area contributed by atoms with Crippen molar-refractivity contribution in [3.05, 3.63) is 208 Å². The summed E-state index contributed by atoms with van der Waals surface area (Å²) in [5.74, 6) is 0.664. The molecule has 0 spiro atoms. The monoisotopic (exact) mass is 709 g/mol. The van der Waals surface area contributed by atoms with E-state index in [1.165, 1.54) is 61.2 Å². The number of nitrogens with one attached hydrogen (secondary N) is 1. The lowest BCUT2D eigenvalue weighted by Crippen LogP contribution is -2.17. The fourth-order valence-electron chi connectivity index (χ4n) is 8.64. The summed E-state index contributed by atoms with van der Waals surface area (Å²) in [5, 5.41) is 8.83. The smallest absolute Gasteiger partial charge is 0.161 e. The molecule has 0 amide bonds. The molecule has 0 unspecified atom stereocenters. The molecule has 6 aromatic rings. The van der Waals surface area contributed by atoms with E-state index in [1.54, 1.807) is 0 Å². The maximum Gasteiger partial charge on any atom is 0.161 e. The SMILES string of the molecule is CC1(C)C2=C(C=CC=CC2)c2ccc(-c3ccc(C=NC(=NC(=N)c4ccccc4)c4ccc(-c5ccc6c(c5)C(C)(C)c5ccccc5-6)cc4)cc3)cc21. The second-order valence-electron chi connectivity index (χ2n) is 15.8. The van der Waals surface area contributed by atoms with Gasteiger partial charge in [0.25, 0.3) is 0 Å². The van der Waals surface area contributed by atoms with E-state index in [1.807, 2.05) is 36.5 Å². The third-order valence-electron chi connectivity index (χ3n) is 11.8. The van der Waals surface area contributed by atoms with E-state index in [0.29, 0.717) is 5.84 Å². The molecule has 0 aliphatic heterocycles. The number of aliphatic imine (C=N–C) groups is 2. The molecule has 3 nitrogen and oxygen atoms in total. The lowest BCUT2D eigenvalue weighted by molar-refractivity contribution is 0.626. The number of hydrogen-bond acceptors (Lipinski definition) is 1. The van der Waals surface area contributed by atoms with Gasteiger partial charge in [-0.1, -0.05) is 179 Å². The van der Waals surface area contributed by atoms with Gasteiger partial charge in [0.1, 0.15) is 0 Å². The quantitative estimate of drug-likeness (QED) is 0.137.